The van der Waals surface area contributed by atoms with E-state index in [-0.39, 0.29) is 0 Å². The molecule has 1 atom stereocenters. The molecule has 0 fully saturated rings. The van der Waals surface area contributed by atoms with Crippen molar-refractivity contribution in [3.05, 3.63) is 42.0 Å². The number of aryl methyl sites for hydroxylation is 1. The number of hydrogen-bond donors (Lipinski definition) is 2. The van der Waals surface area contributed by atoms with Crippen molar-refractivity contribution in [1.82, 2.24) is 5.32 Å². The summed E-state index contributed by atoms with van der Waals surface area (Å²) in [6, 6.07) is 12.4. The van der Waals surface area contributed by atoms with E-state index in [1.165, 1.54) is 5.39 Å². The minimum absolute atomic E-state index is 0.409. The summed E-state index contributed by atoms with van der Waals surface area (Å²) in [6.07, 6.45) is 1.92. The van der Waals surface area contributed by atoms with Gasteiger partial charge in [-0.2, -0.15) is 0 Å². The zero-order valence-electron chi connectivity index (χ0n) is 10.4. The molecular formula is C15H19NO. The number of phenolic OH excluding ortho intramolecular Hbond substituents is 1. The molecule has 0 radical (unpaired) electrons. The van der Waals surface area contributed by atoms with Gasteiger partial charge in [-0.1, -0.05) is 30.3 Å². The van der Waals surface area contributed by atoms with Gasteiger partial charge in [0, 0.05) is 11.6 Å². The standard InChI is InChI=1S/C15H19NO/c1-11(16-2)7-9-14-13-6-4-3-5-12(13)8-10-15(14)17/h3-6,8,10-11,16-17H,7,9H2,1-2H3. The first-order valence-corrected chi connectivity index (χ1v) is 6.09. The van der Waals surface area contributed by atoms with E-state index < -0.39 is 0 Å². The summed E-state index contributed by atoms with van der Waals surface area (Å²) < 4.78 is 0. The third-order valence-corrected chi connectivity index (χ3v) is 3.34. The van der Waals surface area contributed by atoms with Crippen LogP contribution in [-0.4, -0.2) is 18.2 Å². The number of hydrogen-bond acceptors (Lipinski definition) is 2. The first-order chi connectivity index (χ1) is 8.22. The molecule has 17 heavy (non-hydrogen) atoms. The van der Waals surface area contributed by atoms with Gasteiger partial charge in [-0.05, 0) is 43.7 Å². The van der Waals surface area contributed by atoms with Crippen LogP contribution < -0.4 is 5.32 Å². The minimum Gasteiger partial charge on any atom is -0.508 e. The lowest BCUT2D eigenvalue weighted by Gasteiger charge is -2.12. The molecule has 2 N–H and O–H groups in total. The number of aromatic hydroxyl groups is 1. The summed E-state index contributed by atoms with van der Waals surface area (Å²) in [5, 5.41) is 15.5. The zero-order chi connectivity index (χ0) is 12.3. The molecule has 0 aliphatic carbocycles. The Morgan fingerprint density at radius 1 is 1.18 bits per heavy atom. The first-order valence-electron chi connectivity index (χ1n) is 6.09. The van der Waals surface area contributed by atoms with Crippen molar-refractivity contribution in [3.8, 4) is 5.75 Å². The van der Waals surface area contributed by atoms with E-state index in [1.54, 1.807) is 6.07 Å². The van der Waals surface area contributed by atoms with Crippen molar-refractivity contribution in [3.63, 3.8) is 0 Å². The van der Waals surface area contributed by atoms with E-state index in [0.29, 0.717) is 11.8 Å². The summed E-state index contributed by atoms with van der Waals surface area (Å²) >= 11 is 0. The van der Waals surface area contributed by atoms with Gasteiger partial charge in [-0.15, -0.1) is 0 Å². The Kier molecular flexibility index (Phi) is 3.64. The molecule has 2 aromatic rings. The Labute approximate surface area is 102 Å². The second-order valence-corrected chi connectivity index (χ2v) is 4.51. The maximum atomic E-state index is 9.97. The van der Waals surface area contributed by atoms with E-state index >= 15 is 0 Å². The van der Waals surface area contributed by atoms with Crippen LogP contribution in [0.2, 0.25) is 0 Å². The van der Waals surface area contributed by atoms with Crippen LogP contribution in [0.3, 0.4) is 0 Å². The average molecular weight is 229 g/mol. The molecule has 2 heteroatoms. The van der Waals surface area contributed by atoms with E-state index in [9.17, 15) is 5.11 Å². The van der Waals surface area contributed by atoms with Gasteiger partial charge >= 0.3 is 0 Å². The second-order valence-electron chi connectivity index (χ2n) is 4.51. The number of fused-ring (bicyclic) bond motifs is 1. The molecule has 0 bridgehead atoms. The van der Waals surface area contributed by atoms with E-state index in [0.717, 1.165) is 23.8 Å². The SMILES string of the molecule is CNC(C)CCc1c(O)ccc2ccccc12. The highest BCUT2D eigenvalue weighted by Crippen LogP contribution is 2.28. The quantitative estimate of drug-likeness (QED) is 0.844. The van der Waals surface area contributed by atoms with Crippen LogP contribution in [-0.2, 0) is 6.42 Å². The van der Waals surface area contributed by atoms with E-state index in [4.69, 9.17) is 0 Å². The fourth-order valence-corrected chi connectivity index (χ4v) is 2.09. The maximum absolute atomic E-state index is 9.97. The topological polar surface area (TPSA) is 32.3 Å². The molecule has 1 unspecified atom stereocenters. The molecule has 0 aromatic heterocycles. The van der Waals surface area contributed by atoms with Gasteiger partial charge in [0.15, 0.2) is 0 Å². The van der Waals surface area contributed by atoms with Crippen molar-refractivity contribution in [2.24, 2.45) is 0 Å². The summed E-state index contributed by atoms with van der Waals surface area (Å²) in [4.78, 5) is 0. The molecule has 90 valence electrons. The highest BCUT2D eigenvalue weighted by Gasteiger charge is 2.08. The fraction of sp³-hybridized carbons (Fsp3) is 0.333. The highest BCUT2D eigenvalue weighted by molar-refractivity contribution is 5.87. The van der Waals surface area contributed by atoms with E-state index in [2.05, 4.69) is 24.4 Å². The van der Waals surface area contributed by atoms with Gasteiger partial charge in [0.25, 0.3) is 0 Å². The minimum atomic E-state index is 0.409. The smallest absolute Gasteiger partial charge is 0.119 e. The predicted octanol–water partition coefficient (Wildman–Crippen LogP) is 3.09. The monoisotopic (exact) mass is 229 g/mol. The lowest BCUT2D eigenvalue weighted by atomic mass is 9.98. The predicted molar refractivity (Wildman–Crippen MR) is 72.5 cm³/mol. The number of benzene rings is 2. The van der Waals surface area contributed by atoms with Crippen molar-refractivity contribution < 1.29 is 5.11 Å². The third-order valence-electron chi connectivity index (χ3n) is 3.34. The maximum Gasteiger partial charge on any atom is 0.119 e. The lowest BCUT2D eigenvalue weighted by molar-refractivity contribution is 0.465. The molecule has 0 saturated heterocycles. The van der Waals surface area contributed by atoms with Gasteiger partial charge in [0.1, 0.15) is 5.75 Å². The Morgan fingerprint density at radius 3 is 2.71 bits per heavy atom. The summed E-state index contributed by atoms with van der Waals surface area (Å²) in [6.45, 7) is 2.15. The van der Waals surface area contributed by atoms with Crippen LogP contribution in [0.1, 0.15) is 18.9 Å². The van der Waals surface area contributed by atoms with Crippen LogP contribution in [0.15, 0.2) is 36.4 Å². The van der Waals surface area contributed by atoms with Crippen LogP contribution in [0.5, 0.6) is 5.75 Å². The van der Waals surface area contributed by atoms with Gasteiger partial charge < -0.3 is 10.4 Å². The molecular weight excluding hydrogens is 210 g/mol. The molecule has 0 saturated carbocycles. The largest absolute Gasteiger partial charge is 0.508 e. The summed E-state index contributed by atoms with van der Waals surface area (Å²) in [7, 11) is 1.97. The van der Waals surface area contributed by atoms with Gasteiger partial charge in [-0.25, -0.2) is 0 Å². The first kappa shape index (κ1) is 11.9. The Morgan fingerprint density at radius 2 is 1.94 bits per heavy atom. The zero-order valence-corrected chi connectivity index (χ0v) is 10.4. The van der Waals surface area contributed by atoms with Crippen molar-refractivity contribution >= 4 is 10.8 Å². The van der Waals surface area contributed by atoms with E-state index in [1.807, 2.05) is 25.2 Å². The summed E-state index contributed by atoms with van der Waals surface area (Å²) in [5.41, 5.74) is 1.06. The van der Waals surface area contributed by atoms with Crippen molar-refractivity contribution in [2.45, 2.75) is 25.8 Å². The fourth-order valence-electron chi connectivity index (χ4n) is 2.09. The van der Waals surface area contributed by atoms with Crippen LogP contribution in [0, 0.1) is 0 Å². The highest BCUT2D eigenvalue weighted by atomic mass is 16.3. The second kappa shape index (κ2) is 5.19. The third kappa shape index (κ3) is 2.59. The Balaban J connectivity index is 2.34. The van der Waals surface area contributed by atoms with Crippen molar-refractivity contribution in [1.29, 1.82) is 0 Å². The molecule has 0 aliphatic heterocycles. The molecule has 0 amide bonds. The Bertz CT molecular complexity index is 507. The number of nitrogens with one attached hydrogen (secondary N) is 1. The lowest BCUT2D eigenvalue weighted by Crippen LogP contribution is -2.21. The molecule has 2 rings (SSSR count). The molecule has 0 spiro atoms. The van der Waals surface area contributed by atoms with Gasteiger partial charge in [-0.3, -0.25) is 0 Å². The molecule has 0 heterocycles. The number of rotatable bonds is 4. The van der Waals surface area contributed by atoms with Gasteiger partial charge in [0.05, 0.1) is 0 Å². The van der Waals surface area contributed by atoms with Crippen LogP contribution >= 0.6 is 0 Å². The average Bonchev–Trinajstić information content (AvgIpc) is 2.37. The summed E-state index contributed by atoms with van der Waals surface area (Å²) in [5.74, 6) is 0.409. The molecule has 2 nitrogen and oxygen atoms in total. The van der Waals surface area contributed by atoms with Gasteiger partial charge in [0.2, 0.25) is 0 Å². The normalized spacial score (nSPS) is 12.8. The Hall–Kier alpha value is -1.54. The van der Waals surface area contributed by atoms with Crippen LogP contribution in [0.4, 0.5) is 0 Å². The van der Waals surface area contributed by atoms with Crippen molar-refractivity contribution in [2.75, 3.05) is 7.05 Å². The molecule has 0 aliphatic rings. The molecule has 2 aromatic carbocycles. The number of phenols is 1. The van der Waals surface area contributed by atoms with Crippen LogP contribution in [0.25, 0.3) is 10.8 Å².